The fraction of sp³-hybridized carbons (Fsp3) is 1.00. The summed E-state index contributed by atoms with van der Waals surface area (Å²) in [5.74, 6) is 0. The van der Waals surface area contributed by atoms with Gasteiger partial charge in [-0.3, -0.25) is 4.90 Å². The van der Waals surface area contributed by atoms with Crippen molar-refractivity contribution in [3.05, 3.63) is 0 Å². The Morgan fingerprint density at radius 1 is 1.00 bits per heavy atom. The zero-order valence-corrected chi connectivity index (χ0v) is 12.1. The van der Waals surface area contributed by atoms with E-state index in [-0.39, 0.29) is 0 Å². The Hall–Kier alpha value is -0.120. The van der Waals surface area contributed by atoms with Gasteiger partial charge in [0.1, 0.15) is 0 Å². The Morgan fingerprint density at radius 3 is 2.39 bits per heavy atom. The summed E-state index contributed by atoms with van der Waals surface area (Å²) < 4.78 is 0. The van der Waals surface area contributed by atoms with Crippen LogP contribution in [-0.2, 0) is 0 Å². The minimum Gasteiger partial charge on any atom is -0.330 e. The molecular formula is C15H31N3. The third-order valence-corrected chi connectivity index (χ3v) is 4.74. The summed E-state index contributed by atoms with van der Waals surface area (Å²) in [5, 5.41) is 0. The Balaban J connectivity index is 2.00. The van der Waals surface area contributed by atoms with Gasteiger partial charge in [-0.25, -0.2) is 0 Å². The molecule has 0 aromatic heterocycles. The van der Waals surface area contributed by atoms with Gasteiger partial charge in [-0.05, 0) is 52.4 Å². The van der Waals surface area contributed by atoms with Gasteiger partial charge in [-0.2, -0.15) is 0 Å². The van der Waals surface area contributed by atoms with Crippen LogP contribution in [0.5, 0.6) is 0 Å². The van der Waals surface area contributed by atoms with E-state index >= 15 is 0 Å². The Morgan fingerprint density at radius 2 is 1.72 bits per heavy atom. The van der Waals surface area contributed by atoms with Crippen molar-refractivity contribution in [3.63, 3.8) is 0 Å². The maximum Gasteiger partial charge on any atom is 0.0237 e. The minimum atomic E-state index is 0.700. The first-order chi connectivity index (χ1) is 8.81. The van der Waals surface area contributed by atoms with E-state index in [2.05, 4.69) is 16.8 Å². The normalized spacial score (nSPS) is 30.0. The Bertz CT molecular complexity index is 224. The number of nitrogens with zero attached hydrogens (tertiary/aromatic N) is 2. The average Bonchev–Trinajstić information content (AvgIpc) is 2.70. The molecule has 0 amide bonds. The van der Waals surface area contributed by atoms with Crippen LogP contribution in [0.1, 0.15) is 51.4 Å². The van der Waals surface area contributed by atoms with Gasteiger partial charge in [0.05, 0.1) is 0 Å². The molecule has 1 unspecified atom stereocenters. The minimum absolute atomic E-state index is 0.700. The van der Waals surface area contributed by atoms with Crippen LogP contribution in [0.15, 0.2) is 0 Å². The summed E-state index contributed by atoms with van der Waals surface area (Å²) in [6.45, 7) is 4.60. The van der Waals surface area contributed by atoms with Crippen molar-refractivity contribution in [2.45, 2.75) is 63.5 Å². The highest BCUT2D eigenvalue weighted by Gasteiger charge is 2.28. The molecule has 0 aromatic rings. The summed E-state index contributed by atoms with van der Waals surface area (Å²) >= 11 is 0. The standard InChI is InChI=1S/C15H31N3/c1-17-11-6-12-18(15(13-17)9-10-16)14-7-4-2-3-5-8-14/h14-15H,2-13,16H2,1H3. The van der Waals surface area contributed by atoms with Gasteiger partial charge in [-0.1, -0.05) is 25.7 Å². The number of hydrogen-bond donors (Lipinski definition) is 1. The molecule has 2 aliphatic rings. The largest absolute Gasteiger partial charge is 0.330 e. The van der Waals surface area contributed by atoms with E-state index in [4.69, 9.17) is 5.73 Å². The topological polar surface area (TPSA) is 32.5 Å². The number of hydrogen-bond acceptors (Lipinski definition) is 3. The van der Waals surface area contributed by atoms with Crippen LogP contribution in [0.25, 0.3) is 0 Å². The van der Waals surface area contributed by atoms with Crippen molar-refractivity contribution in [3.8, 4) is 0 Å². The molecule has 3 heteroatoms. The first kappa shape index (κ1) is 14.3. The van der Waals surface area contributed by atoms with Crippen LogP contribution in [0.4, 0.5) is 0 Å². The SMILES string of the molecule is CN1CCCN(C2CCCCCC2)C(CCN)C1. The Kier molecular flexibility index (Phi) is 5.93. The predicted molar refractivity (Wildman–Crippen MR) is 77.8 cm³/mol. The van der Waals surface area contributed by atoms with Crippen molar-refractivity contribution in [2.75, 3.05) is 33.2 Å². The zero-order valence-electron chi connectivity index (χ0n) is 12.1. The third-order valence-electron chi connectivity index (χ3n) is 4.74. The van der Waals surface area contributed by atoms with E-state index in [1.165, 1.54) is 71.0 Å². The maximum absolute atomic E-state index is 5.83. The highest BCUT2D eigenvalue weighted by molar-refractivity contribution is 4.85. The van der Waals surface area contributed by atoms with E-state index in [1.807, 2.05) is 0 Å². The van der Waals surface area contributed by atoms with E-state index in [0.717, 1.165) is 12.6 Å². The monoisotopic (exact) mass is 253 g/mol. The lowest BCUT2D eigenvalue weighted by molar-refractivity contribution is 0.114. The summed E-state index contributed by atoms with van der Waals surface area (Å²) in [6.07, 6.45) is 11.1. The van der Waals surface area contributed by atoms with Crippen molar-refractivity contribution in [1.29, 1.82) is 0 Å². The van der Waals surface area contributed by atoms with Crippen molar-refractivity contribution < 1.29 is 0 Å². The lowest BCUT2D eigenvalue weighted by Gasteiger charge is -2.37. The van der Waals surface area contributed by atoms with E-state index < -0.39 is 0 Å². The van der Waals surface area contributed by atoms with Gasteiger partial charge in [-0.15, -0.1) is 0 Å². The van der Waals surface area contributed by atoms with Gasteiger partial charge in [0.15, 0.2) is 0 Å². The summed E-state index contributed by atoms with van der Waals surface area (Å²) in [4.78, 5) is 5.32. The van der Waals surface area contributed by atoms with E-state index in [0.29, 0.717) is 6.04 Å². The third kappa shape index (κ3) is 3.94. The molecule has 1 heterocycles. The molecule has 106 valence electrons. The smallest absolute Gasteiger partial charge is 0.0237 e. The quantitative estimate of drug-likeness (QED) is 0.782. The lowest BCUT2D eigenvalue weighted by atomic mass is 10.0. The summed E-state index contributed by atoms with van der Waals surface area (Å²) in [5.41, 5.74) is 5.83. The van der Waals surface area contributed by atoms with E-state index in [1.54, 1.807) is 0 Å². The zero-order chi connectivity index (χ0) is 12.8. The second-order valence-corrected chi connectivity index (χ2v) is 6.23. The molecule has 1 atom stereocenters. The fourth-order valence-corrected chi connectivity index (χ4v) is 3.78. The maximum atomic E-state index is 5.83. The van der Waals surface area contributed by atoms with Gasteiger partial charge < -0.3 is 10.6 Å². The van der Waals surface area contributed by atoms with Gasteiger partial charge in [0.2, 0.25) is 0 Å². The van der Waals surface area contributed by atoms with Gasteiger partial charge >= 0.3 is 0 Å². The number of likely N-dealkylation sites (N-methyl/N-ethyl adjacent to an activating group) is 1. The van der Waals surface area contributed by atoms with E-state index in [9.17, 15) is 0 Å². The molecular weight excluding hydrogens is 222 g/mol. The molecule has 2 N–H and O–H groups in total. The molecule has 1 aliphatic heterocycles. The molecule has 1 saturated carbocycles. The van der Waals surface area contributed by atoms with Crippen molar-refractivity contribution in [1.82, 2.24) is 9.80 Å². The second kappa shape index (κ2) is 7.46. The molecule has 3 nitrogen and oxygen atoms in total. The van der Waals surface area contributed by atoms with Gasteiger partial charge in [0.25, 0.3) is 0 Å². The molecule has 1 aliphatic carbocycles. The van der Waals surface area contributed by atoms with Gasteiger partial charge in [0, 0.05) is 18.6 Å². The number of rotatable bonds is 3. The van der Waals surface area contributed by atoms with Crippen LogP contribution in [-0.4, -0.2) is 55.1 Å². The van der Waals surface area contributed by atoms with Crippen molar-refractivity contribution >= 4 is 0 Å². The first-order valence-corrected chi connectivity index (χ1v) is 7.95. The molecule has 0 aromatic carbocycles. The van der Waals surface area contributed by atoms with Crippen LogP contribution in [0, 0.1) is 0 Å². The molecule has 1 saturated heterocycles. The molecule has 2 rings (SSSR count). The first-order valence-electron chi connectivity index (χ1n) is 7.95. The van der Waals surface area contributed by atoms with Crippen molar-refractivity contribution in [2.24, 2.45) is 5.73 Å². The van der Waals surface area contributed by atoms with Crippen LogP contribution in [0.2, 0.25) is 0 Å². The Labute approximate surface area is 113 Å². The molecule has 0 bridgehead atoms. The average molecular weight is 253 g/mol. The predicted octanol–water partition coefficient (Wildman–Crippen LogP) is 2.06. The highest BCUT2D eigenvalue weighted by Crippen LogP contribution is 2.25. The molecule has 18 heavy (non-hydrogen) atoms. The summed E-state index contributed by atoms with van der Waals surface area (Å²) in [6, 6.07) is 1.54. The molecule has 0 spiro atoms. The molecule has 2 fully saturated rings. The molecule has 0 radical (unpaired) electrons. The van der Waals surface area contributed by atoms with Crippen LogP contribution in [0.3, 0.4) is 0 Å². The fourth-order valence-electron chi connectivity index (χ4n) is 3.78. The number of nitrogens with two attached hydrogens (primary N) is 1. The summed E-state index contributed by atoms with van der Waals surface area (Å²) in [7, 11) is 2.26. The van der Waals surface area contributed by atoms with Crippen LogP contribution >= 0.6 is 0 Å². The lowest BCUT2D eigenvalue weighted by Crippen LogP contribution is -2.47. The second-order valence-electron chi connectivity index (χ2n) is 6.23. The highest BCUT2D eigenvalue weighted by atomic mass is 15.2. The van der Waals surface area contributed by atoms with Crippen LogP contribution < -0.4 is 5.73 Å².